The number of nitrogens with two attached hydrogens (primary N) is 1. The van der Waals surface area contributed by atoms with Gasteiger partial charge in [-0.2, -0.15) is 0 Å². The fourth-order valence-electron chi connectivity index (χ4n) is 2.98. The Morgan fingerprint density at radius 3 is 2.59 bits per heavy atom. The Morgan fingerprint density at radius 2 is 1.97 bits per heavy atom. The van der Waals surface area contributed by atoms with E-state index >= 15 is 0 Å². The van der Waals surface area contributed by atoms with Crippen molar-refractivity contribution in [3.8, 4) is 5.82 Å². The van der Waals surface area contributed by atoms with Gasteiger partial charge in [-0.1, -0.05) is 5.16 Å². The first-order valence-corrected chi connectivity index (χ1v) is 8.56. The number of rotatable bonds is 6. The van der Waals surface area contributed by atoms with Crippen LogP contribution in [0.25, 0.3) is 5.82 Å². The van der Waals surface area contributed by atoms with E-state index in [0.29, 0.717) is 22.8 Å². The molecule has 2 heterocycles. The van der Waals surface area contributed by atoms with Crippen LogP contribution in [0.1, 0.15) is 37.9 Å². The number of ether oxygens (including phenoxy) is 1. The molecule has 0 spiro atoms. The SMILES string of the molecule is Cc1cc(-n2c(C)cc(C(=O)COC(=O)c3ccc(N)c([N+](=O)[O-])c3)c2C)no1. The van der Waals surface area contributed by atoms with Gasteiger partial charge in [0.05, 0.1) is 10.5 Å². The first-order chi connectivity index (χ1) is 13.7. The zero-order valence-corrected chi connectivity index (χ0v) is 16.0. The number of Topliss-reactive ketones (excluding diaryl/α,β-unsaturated/α-hetero) is 1. The Morgan fingerprint density at radius 1 is 1.24 bits per heavy atom. The monoisotopic (exact) mass is 398 g/mol. The second-order valence-electron chi connectivity index (χ2n) is 6.45. The molecule has 0 unspecified atom stereocenters. The van der Waals surface area contributed by atoms with Gasteiger partial charge in [0.1, 0.15) is 11.4 Å². The van der Waals surface area contributed by atoms with Gasteiger partial charge in [0, 0.05) is 29.1 Å². The zero-order valence-electron chi connectivity index (χ0n) is 16.0. The van der Waals surface area contributed by atoms with Crippen LogP contribution in [0.3, 0.4) is 0 Å². The molecule has 150 valence electrons. The second-order valence-corrected chi connectivity index (χ2v) is 6.45. The van der Waals surface area contributed by atoms with Crippen molar-refractivity contribution in [2.75, 3.05) is 12.3 Å². The lowest BCUT2D eigenvalue weighted by molar-refractivity contribution is -0.383. The van der Waals surface area contributed by atoms with E-state index in [4.69, 9.17) is 15.0 Å². The third kappa shape index (κ3) is 3.86. The van der Waals surface area contributed by atoms with Gasteiger partial charge in [-0.15, -0.1) is 0 Å². The third-order valence-corrected chi connectivity index (χ3v) is 4.37. The smallest absolute Gasteiger partial charge is 0.338 e. The minimum atomic E-state index is -0.859. The molecule has 0 aliphatic heterocycles. The Bertz CT molecular complexity index is 1130. The van der Waals surface area contributed by atoms with Gasteiger partial charge < -0.3 is 15.0 Å². The molecule has 3 aromatic rings. The summed E-state index contributed by atoms with van der Waals surface area (Å²) in [6, 6.07) is 6.96. The highest BCUT2D eigenvalue weighted by atomic mass is 16.6. The topological polar surface area (TPSA) is 143 Å². The number of nitro groups is 1. The van der Waals surface area contributed by atoms with Crippen molar-refractivity contribution in [1.82, 2.24) is 9.72 Å². The van der Waals surface area contributed by atoms with Crippen LogP contribution in [-0.2, 0) is 4.74 Å². The summed E-state index contributed by atoms with van der Waals surface area (Å²) < 4.78 is 11.9. The average Bonchev–Trinajstić information content (AvgIpc) is 3.21. The minimum Gasteiger partial charge on any atom is -0.454 e. The van der Waals surface area contributed by atoms with Crippen LogP contribution in [0.5, 0.6) is 0 Å². The van der Waals surface area contributed by atoms with Crippen molar-refractivity contribution in [1.29, 1.82) is 0 Å². The van der Waals surface area contributed by atoms with Crippen LogP contribution < -0.4 is 5.73 Å². The van der Waals surface area contributed by atoms with E-state index in [0.717, 1.165) is 11.8 Å². The van der Waals surface area contributed by atoms with Gasteiger partial charge in [0.15, 0.2) is 12.4 Å². The van der Waals surface area contributed by atoms with Gasteiger partial charge in [-0.05, 0) is 39.0 Å². The van der Waals surface area contributed by atoms with E-state index in [1.807, 2.05) is 6.92 Å². The number of carbonyl (C=O) groups excluding carboxylic acids is 2. The molecule has 3 rings (SSSR count). The maximum Gasteiger partial charge on any atom is 0.338 e. The van der Waals surface area contributed by atoms with E-state index in [2.05, 4.69) is 5.16 Å². The number of hydrogen-bond donors (Lipinski definition) is 1. The van der Waals surface area contributed by atoms with Gasteiger partial charge in [-0.25, -0.2) is 4.79 Å². The lowest BCUT2D eigenvalue weighted by atomic mass is 10.1. The molecule has 0 amide bonds. The maximum absolute atomic E-state index is 12.6. The molecule has 0 saturated carbocycles. The lowest BCUT2D eigenvalue weighted by Crippen LogP contribution is -2.15. The summed E-state index contributed by atoms with van der Waals surface area (Å²) in [5.41, 5.74) is 6.73. The molecule has 0 aliphatic rings. The lowest BCUT2D eigenvalue weighted by Gasteiger charge is -2.06. The first kappa shape index (κ1) is 19.8. The highest BCUT2D eigenvalue weighted by molar-refractivity contribution is 6.00. The van der Waals surface area contributed by atoms with E-state index in [1.54, 1.807) is 30.5 Å². The molecule has 0 atom stereocenters. The molecule has 0 aliphatic carbocycles. The van der Waals surface area contributed by atoms with E-state index in [-0.39, 0.29) is 11.3 Å². The van der Waals surface area contributed by atoms with Crippen LogP contribution in [0.2, 0.25) is 0 Å². The van der Waals surface area contributed by atoms with Crippen molar-refractivity contribution in [2.45, 2.75) is 20.8 Å². The highest BCUT2D eigenvalue weighted by Crippen LogP contribution is 2.23. The number of benzene rings is 1. The van der Waals surface area contributed by atoms with E-state index in [9.17, 15) is 19.7 Å². The van der Waals surface area contributed by atoms with Crippen molar-refractivity contribution >= 4 is 23.1 Å². The van der Waals surface area contributed by atoms with Crippen LogP contribution in [0.15, 0.2) is 34.9 Å². The third-order valence-electron chi connectivity index (χ3n) is 4.37. The molecule has 0 fully saturated rings. The molecule has 0 saturated heterocycles. The van der Waals surface area contributed by atoms with Crippen molar-refractivity contribution in [2.24, 2.45) is 0 Å². The largest absolute Gasteiger partial charge is 0.454 e. The van der Waals surface area contributed by atoms with Gasteiger partial charge in [-0.3, -0.25) is 19.5 Å². The number of esters is 1. The van der Waals surface area contributed by atoms with Crippen LogP contribution in [0.4, 0.5) is 11.4 Å². The molecule has 10 heteroatoms. The summed E-state index contributed by atoms with van der Waals surface area (Å²) in [4.78, 5) is 35.0. The predicted octanol–water partition coefficient (Wildman–Crippen LogP) is 2.92. The molecular weight excluding hydrogens is 380 g/mol. The van der Waals surface area contributed by atoms with Crippen molar-refractivity contribution < 1.29 is 23.8 Å². The predicted molar refractivity (Wildman–Crippen MR) is 102 cm³/mol. The first-order valence-electron chi connectivity index (χ1n) is 8.56. The standard InChI is InChI=1S/C19H18N4O6/c1-10-6-14(12(3)22(10)18-7-11(2)29-21-18)17(24)9-28-19(25)13-4-5-15(20)16(8-13)23(26)27/h4-8H,9,20H2,1-3H3. The number of aromatic nitrogens is 2. The fraction of sp³-hybridized carbons (Fsp3) is 0.211. The number of ketones is 1. The zero-order chi connectivity index (χ0) is 21.3. The molecular formula is C19H18N4O6. The van der Waals surface area contributed by atoms with Gasteiger partial charge in [0.25, 0.3) is 5.69 Å². The molecule has 2 aromatic heterocycles. The summed E-state index contributed by atoms with van der Waals surface area (Å²) in [5.74, 6) is -0.0973. The molecule has 1 aromatic carbocycles. The second kappa shape index (κ2) is 7.58. The van der Waals surface area contributed by atoms with Crippen LogP contribution >= 0.6 is 0 Å². The molecule has 10 nitrogen and oxygen atoms in total. The number of carbonyl (C=O) groups is 2. The summed E-state index contributed by atoms with van der Waals surface area (Å²) in [6.07, 6.45) is 0. The van der Waals surface area contributed by atoms with Gasteiger partial charge in [0.2, 0.25) is 5.78 Å². The molecule has 29 heavy (non-hydrogen) atoms. The van der Waals surface area contributed by atoms with Gasteiger partial charge >= 0.3 is 5.97 Å². The number of hydrogen-bond acceptors (Lipinski definition) is 8. The Kier molecular flexibility index (Phi) is 5.18. The van der Waals surface area contributed by atoms with Crippen molar-refractivity contribution in [3.63, 3.8) is 0 Å². The van der Waals surface area contributed by atoms with Crippen LogP contribution in [0, 0.1) is 30.9 Å². The minimum absolute atomic E-state index is 0.0674. The molecule has 0 radical (unpaired) electrons. The average molecular weight is 398 g/mol. The number of nitro benzene ring substituents is 1. The number of nitrogen functional groups attached to an aromatic ring is 1. The van der Waals surface area contributed by atoms with E-state index in [1.165, 1.54) is 12.1 Å². The molecule has 2 N–H and O–H groups in total. The highest BCUT2D eigenvalue weighted by Gasteiger charge is 2.21. The number of anilines is 1. The van der Waals surface area contributed by atoms with Crippen molar-refractivity contribution in [3.05, 3.63) is 68.7 Å². The Balaban J connectivity index is 1.76. The Labute approximate surface area is 165 Å². The quantitative estimate of drug-likeness (QED) is 0.219. The normalized spacial score (nSPS) is 10.7. The summed E-state index contributed by atoms with van der Waals surface area (Å²) in [7, 11) is 0. The van der Waals surface area contributed by atoms with Crippen LogP contribution in [-0.4, -0.2) is 33.0 Å². The summed E-state index contributed by atoms with van der Waals surface area (Å²) >= 11 is 0. The van der Waals surface area contributed by atoms with E-state index < -0.39 is 29.0 Å². The number of aryl methyl sites for hydroxylation is 2. The maximum atomic E-state index is 12.6. The Hall–Kier alpha value is -3.95. The fourth-order valence-corrected chi connectivity index (χ4v) is 2.98. The number of nitrogens with zero attached hydrogens (tertiary/aromatic N) is 3. The summed E-state index contributed by atoms with van der Waals surface area (Å²) in [5, 5.41) is 14.9. The molecule has 0 bridgehead atoms. The summed E-state index contributed by atoms with van der Waals surface area (Å²) in [6.45, 7) is 4.81.